The summed E-state index contributed by atoms with van der Waals surface area (Å²) in [6, 6.07) is 4.20. The maximum Gasteiger partial charge on any atom is 0.220 e. The zero-order valence-electron chi connectivity index (χ0n) is 18.4. The molecule has 6 nitrogen and oxygen atoms in total. The molecule has 0 atom stereocenters. The highest BCUT2D eigenvalue weighted by molar-refractivity contribution is 5.77. The van der Waals surface area contributed by atoms with Crippen molar-refractivity contribution in [1.29, 1.82) is 0 Å². The van der Waals surface area contributed by atoms with Gasteiger partial charge >= 0.3 is 0 Å². The largest absolute Gasteiger partial charge is 0.393 e. The summed E-state index contributed by atoms with van der Waals surface area (Å²) in [4.78, 5) is 22.5. The molecule has 2 N–H and O–H groups in total. The second kappa shape index (κ2) is 9.04. The highest BCUT2D eigenvalue weighted by Crippen LogP contribution is 2.44. The number of fused-ring (bicyclic) bond motifs is 1. The van der Waals surface area contributed by atoms with E-state index in [-0.39, 0.29) is 23.5 Å². The highest BCUT2D eigenvalue weighted by Gasteiger charge is 2.38. The fraction of sp³-hybridized carbons (Fsp3) is 0.708. The van der Waals surface area contributed by atoms with Crippen LogP contribution in [0.3, 0.4) is 0 Å². The molecule has 0 aliphatic heterocycles. The molecule has 1 amide bonds. The van der Waals surface area contributed by atoms with E-state index in [1.165, 1.54) is 12.8 Å². The summed E-state index contributed by atoms with van der Waals surface area (Å²) in [7, 11) is 0. The standard InChI is InChI=1S/C24H36N4O2/c1-17(2)16-28-21(27-20-6-5-13-25-23(20)28)14-24(11-3-4-12-24)15-22(30)26-18-7-9-19(29)10-8-18/h5-6,13,17-19,29H,3-4,7-12,14-16H2,1-2H3,(H,26,30). The van der Waals surface area contributed by atoms with Crippen molar-refractivity contribution in [3.63, 3.8) is 0 Å². The Morgan fingerprint density at radius 1 is 1.27 bits per heavy atom. The van der Waals surface area contributed by atoms with Crippen molar-refractivity contribution in [3.05, 3.63) is 24.2 Å². The van der Waals surface area contributed by atoms with E-state index in [1.807, 2.05) is 18.3 Å². The van der Waals surface area contributed by atoms with Gasteiger partial charge in [0.25, 0.3) is 0 Å². The number of nitrogens with one attached hydrogen (secondary N) is 1. The third-order valence-corrected chi connectivity index (χ3v) is 6.93. The van der Waals surface area contributed by atoms with E-state index in [2.05, 4.69) is 28.7 Å². The van der Waals surface area contributed by atoms with Crippen molar-refractivity contribution in [2.75, 3.05) is 0 Å². The highest BCUT2D eigenvalue weighted by atomic mass is 16.3. The lowest BCUT2D eigenvalue weighted by Crippen LogP contribution is -2.41. The number of hydrogen-bond donors (Lipinski definition) is 2. The SMILES string of the molecule is CC(C)Cn1c(CC2(CC(=O)NC3CCC(O)CC3)CCCC2)nc2cccnc21. The number of hydrogen-bond acceptors (Lipinski definition) is 4. The monoisotopic (exact) mass is 412 g/mol. The van der Waals surface area contributed by atoms with Crippen molar-refractivity contribution in [2.45, 2.75) is 96.7 Å². The van der Waals surface area contributed by atoms with Gasteiger partial charge < -0.3 is 15.0 Å². The summed E-state index contributed by atoms with van der Waals surface area (Å²) in [5, 5.41) is 13.0. The Hall–Kier alpha value is -1.95. The van der Waals surface area contributed by atoms with Crippen LogP contribution in [0.15, 0.2) is 18.3 Å². The smallest absolute Gasteiger partial charge is 0.220 e. The maximum atomic E-state index is 13.0. The first kappa shape index (κ1) is 21.3. The number of carbonyl (C=O) groups excluding carboxylic acids is 1. The molecule has 2 aliphatic rings. The van der Waals surface area contributed by atoms with Gasteiger partial charge in [0.15, 0.2) is 5.65 Å². The summed E-state index contributed by atoms with van der Waals surface area (Å²) in [6.07, 6.45) is 11.0. The molecule has 0 bridgehead atoms. The molecule has 2 aromatic heterocycles. The molecule has 0 spiro atoms. The number of imidazole rings is 1. The van der Waals surface area contributed by atoms with Crippen LogP contribution >= 0.6 is 0 Å². The van der Waals surface area contributed by atoms with Crippen LogP contribution in [0.1, 0.15) is 77.5 Å². The number of aromatic nitrogens is 3. The van der Waals surface area contributed by atoms with E-state index in [1.54, 1.807) is 0 Å². The van der Waals surface area contributed by atoms with Crippen molar-refractivity contribution < 1.29 is 9.90 Å². The maximum absolute atomic E-state index is 13.0. The first-order valence-corrected chi connectivity index (χ1v) is 11.7. The number of rotatable bonds is 7. The molecule has 6 heteroatoms. The van der Waals surface area contributed by atoms with Crippen LogP contribution in [0.25, 0.3) is 11.2 Å². The van der Waals surface area contributed by atoms with E-state index < -0.39 is 0 Å². The van der Waals surface area contributed by atoms with E-state index >= 15 is 0 Å². The lowest BCUT2D eigenvalue weighted by atomic mass is 9.78. The Morgan fingerprint density at radius 2 is 2.00 bits per heavy atom. The molecule has 2 heterocycles. The van der Waals surface area contributed by atoms with Crippen molar-refractivity contribution >= 4 is 17.1 Å². The van der Waals surface area contributed by atoms with Crippen LogP contribution in [-0.2, 0) is 17.8 Å². The van der Waals surface area contributed by atoms with Gasteiger partial charge in [-0.1, -0.05) is 26.7 Å². The van der Waals surface area contributed by atoms with E-state index in [9.17, 15) is 9.90 Å². The fourth-order valence-corrected chi connectivity index (χ4v) is 5.41. The van der Waals surface area contributed by atoms with Crippen LogP contribution in [0.5, 0.6) is 0 Å². The molecule has 2 fully saturated rings. The van der Waals surface area contributed by atoms with Gasteiger partial charge in [-0.25, -0.2) is 9.97 Å². The van der Waals surface area contributed by atoms with Gasteiger partial charge in [0, 0.05) is 31.6 Å². The lowest BCUT2D eigenvalue weighted by Gasteiger charge is -2.31. The predicted molar refractivity (Wildman–Crippen MR) is 118 cm³/mol. The molecule has 0 saturated heterocycles. The van der Waals surface area contributed by atoms with Gasteiger partial charge in [-0.15, -0.1) is 0 Å². The Bertz CT molecular complexity index is 861. The lowest BCUT2D eigenvalue weighted by molar-refractivity contribution is -0.124. The van der Waals surface area contributed by atoms with Crippen molar-refractivity contribution in [1.82, 2.24) is 19.9 Å². The van der Waals surface area contributed by atoms with Gasteiger partial charge in [0.2, 0.25) is 5.91 Å². The minimum atomic E-state index is -0.193. The zero-order valence-corrected chi connectivity index (χ0v) is 18.4. The van der Waals surface area contributed by atoms with Gasteiger partial charge in [-0.3, -0.25) is 4.79 Å². The van der Waals surface area contributed by atoms with E-state index in [4.69, 9.17) is 4.98 Å². The number of carbonyl (C=O) groups is 1. The number of nitrogens with zero attached hydrogens (tertiary/aromatic N) is 3. The van der Waals surface area contributed by atoms with Crippen LogP contribution < -0.4 is 5.32 Å². The van der Waals surface area contributed by atoms with Gasteiger partial charge in [0.1, 0.15) is 11.3 Å². The topological polar surface area (TPSA) is 80.0 Å². The molecule has 0 unspecified atom stereocenters. The Labute approximate surface area is 179 Å². The zero-order chi connectivity index (χ0) is 21.1. The third kappa shape index (κ3) is 4.85. The van der Waals surface area contributed by atoms with Gasteiger partial charge in [-0.05, 0) is 62.0 Å². The molecule has 0 radical (unpaired) electrons. The Kier molecular flexibility index (Phi) is 6.42. The van der Waals surface area contributed by atoms with E-state index in [0.29, 0.717) is 12.3 Å². The predicted octanol–water partition coefficient (Wildman–Crippen LogP) is 4.00. The fourth-order valence-electron chi connectivity index (χ4n) is 5.41. The molecular weight excluding hydrogens is 376 g/mol. The third-order valence-electron chi connectivity index (χ3n) is 6.93. The van der Waals surface area contributed by atoms with Crippen molar-refractivity contribution in [3.8, 4) is 0 Å². The van der Waals surface area contributed by atoms with Gasteiger partial charge in [-0.2, -0.15) is 0 Å². The van der Waals surface area contributed by atoms with Gasteiger partial charge in [0.05, 0.1) is 6.10 Å². The molecule has 30 heavy (non-hydrogen) atoms. The van der Waals surface area contributed by atoms with E-state index in [0.717, 1.165) is 68.5 Å². The average molecular weight is 413 g/mol. The average Bonchev–Trinajstić information content (AvgIpc) is 3.28. The van der Waals surface area contributed by atoms with Crippen LogP contribution in [0.4, 0.5) is 0 Å². The van der Waals surface area contributed by atoms with Crippen LogP contribution in [0, 0.1) is 11.3 Å². The van der Waals surface area contributed by atoms with Crippen LogP contribution in [0.2, 0.25) is 0 Å². The summed E-state index contributed by atoms with van der Waals surface area (Å²) >= 11 is 0. The number of pyridine rings is 1. The second-order valence-corrected chi connectivity index (χ2v) is 10.0. The quantitative estimate of drug-likeness (QED) is 0.720. The first-order chi connectivity index (χ1) is 14.4. The molecule has 164 valence electrons. The Morgan fingerprint density at radius 3 is 2.70 bits per heavy atom. The molecule has 2 aromatic rings. The van der Waals surface area contributed by atoms with Crippen molar-refractivity contribution in [2.24, 2.45) is 11.3 Å². The normalized spacial score (nSPS) is 23.9. The molecule has 2 saturated carbocycles. The Balaban J connectivity index is 1.51. The summed E-state index contributed by atoms with van der Waals surface area (Å²) in [5.41, 5.74) is 1.90. The minimum absolute atomic E-state index is 0.00559. The summed E-state index contributed by atoms with van der Waals surface area (Å²) < 4.78 is 2.28. The summed E-state index contributed by atoms with van der Waals surface area (Å²) in [5.74, 6) is 1.75. The first-order valence-electron chi connectivity index (χ1n) is 11.7. The molecule has 4 rings (SSSR count). The second-order valence-electron chi connectivity index (χ2n) is 10.0. The summed E-state index contributed by atoms with van der Waals surface area (Å²) in [6.45, 7) is 5.34. The molecule has 0 aromatic carbocycles. The number of aliphatic hydroxyl groups is 1. The molecule has 2 aliphatic carbocycles. The number of amides is 1. The van der Waals surface area contributed by atoms with Crippen LogP contribution in [-0.4, -0.2) is 37.7 Å². The minimum Gasteiger partial charge on any atom is -0.393 e. The molecular formula is C24H36N4O2. The number of aliphatic hydroxyl groups excluding tert-OH is 1.